The Balaban J connectivity index is 0.000000298. The van der Waals surface area contributed by atoms with Crippen LogP contribution in [-0.2, 0) is 19.2 Å². The molecule has 0 spiro atoms. The fraction of sp³-hybridized carbons (Fsp3) is 0.400. The molecule has 0 saturated carbocycles. The Hall–Kier alpha value is -4.56. The predicted molar refractivity (Wildman–Crippen MR) is 161 cm³/mol. The molecule has 3 N–H and O–H groups in total. The maximum Gasteiger partial charge on any atom is 0.289 e. The van der Waals surface area contributed by atoms with Gasteiger partial charge in [0.15, 0.2) is 5.82 Å². The lowest BCUT2D eigenvalue weighted by molar-refractivity contribution is -0.132. The minimum atomic E-state index is -0.706. The van der Waals surface area contributed by atoms with Crippen molar-refractivity contribution >= 4 is 46.8 Å². The number of hydrogen-bond acceptors (Lipinski definition) is 8. The number of benzene rings is 2. The first-order valence-electron chi connectivity index (χ1n) is 13.3. The third kappa shape index (κ3) is 12.9. The quantitative estimate of drug-likeness (QED) is 0.304. The molecule has 1 aliphatic heterocycles. The van der Waals surface area contributed by atoms with Crippen LogP contribution in [0.2, 0.25) is 0 Å². The highest BCUT2D eigenvalue weighted by Crippen LogP contribution is 2.21. The van der Waals surface area contributed by atoms with Crippen molar-refractivity contribution in [3.63, 3.8) is 0 Å². The maximum atomic E-state index is 11.7. The minimum absolute atomic E-state index is 0.0871. The third-order valence-electron chi connectivity index (χ3n) is 5.33. The van der Waals surface area contributed by atoms with Gasteiger partial charge in [-0.2, -0.15) is 10.4 Å². The summed E-state index contributed by atoms with van der Waals surface area (Å²) in [6.07, 6.45) is 1.51. The van der Waals surface area contributed by atoms with Gasteiger partial charge in [-0.15, -0.1) is 0 Å². The lowest BCUT2D eigenvalue weighted by atomic mass is 10.1. The van der Waals surface area contributed by atoms with Crippen molar-refractivity contribution in [2.75, 3.05) is 44.9 Å². The van der Waals surface area contributed by atoms with E-state index in [0.29, 0.717) is 18.8 Å². The van der Waals surface area contributed by atoms with Gasteiger partial charge in [0.2, 0.25) is 12.2 Å². The van der Waals surface area contributed by atoms with Crippen molar-refractivity contribution in [2.24, 2.45) is 11.8 Å². The molecular formula is C30H41N7O4. The summed E-state index contributed by atoms with van der Waals surface area (Å²) in [5, 5.41) is 21.6. The minimum Gasteiger partial charge on any atom is -0.388 e. The molecule has 4 rings (SSSR count). The van der Waals surface area contributed by atoms with E-state index in [1.165, 1.54) is 4.90 Å². The lowest BCUT2D eigenvalue weighted by Gasteiger charge is -2.21. The number of likely N-dealkylation sites (N-methyl/N-ethyl adjacent to an activating group) is 1. The predicted octanol–water partition coefficient (Wildman–Crippen LogP) is 3.58. The summed E-state index contributed by atoms with van der Waals surface area (Å²) in [6, 6.07) is 19.0. The largest absolute Gasteiger partial charge is 0.388 e. The van der Waals surface area contributed by atoms with E-state index in [2.05, 4.69) is 47.7 Å². The van der Waals surface area contributed by atoms with Crippen LogP contribution in [-0.4, -0.2) is 84.7 Å². The van der Waals surface area contributed by atoms with E-state index in [4.69, 9.17) is 5.26 Å². The SMILES string of the molecule is CC(C)C.CN(C)CC(=O)N1CC(C=O)CC1C#N.CNc1ccccc1.O=CC(=O)Nc1n[nH]c2ccccc12. The lowest BCUT2D eigenvalue weighted by Crippen LogP contribution is -2.40. The number of amides is 2. The molecule has 41 heavy (non-hydrogen) atoms. The summed E-state index contributed by atoms with van der Waals surface area (Å²) in [4.78, 5) is 46.5. The number of nitrogens with zero attached hydrogens (tertiary/aromatic N) is 4. The van der Waals surface area contributed by atoms with Gasteiger partial charge in [0, 0.05) is 30.6 Å². The van der Waals surface area contributed by atoms with Crippen molar-refractivity contribution in [3.8, 4) is 6.07 Å². The van der Waals surface area contributed by atoms with Gasteiger partial charge in [-0.1, -0.05) is 51.1 Å². The van der Waals surface area contributed by atoms with Gasteiger partial charge < -0.3 is 25.2 Å². The number of nitriles is 1. The van der Waals surface area contributed by atoms with Crippen LogP contribution in [0.1, 0.15) is 27.2 Å². The summed E-state index contributed by atoms with van der Waals surface area (Å²) < 4.78 is 0. The van der Waals surface area contributed by atoms with Crippen LogP contribution in [0.4, 0.5) is 11.5 Å². The maximum absolute atomic E-state index is 11.7. The van der Waals surface area contributed by atoms with Gasteiger partial charge in [0.05, 0.1) is 18.1 Å². The van der Waals surface area contributed by atoms with Crippen LogP contribution in [0.15, 0.2) is 54.6 Å². The van der Waals surface area contributed by atoms with Crippen LogP contribution in [0.3, 0.4) is 0 Å². The van der Waals surface area contributed by atoms with Gasteiger partial charge in [-0.05, 0) is 50.7 Å². The number of carbonyl (C=O) groups is 4. The first kappa shape index (κ1) is 34.5. The first-order chi connectivity index (χ1) is 19.6. The number of fused-ring (bicyclic) bond motifs is 1. The van der Waals surface area contributed by atoms with Gasteiger partial charge in [0.25, 0.3) is 5.91 Å². The molecule has 2 unspecified atom stereocenters. The molecule has 0 radical (unpaired) electrons. The van der Waals surface area contributed by atoms with Crippen molar-refractivity contribution in [3.05, 3.63) is 54.6 Å². The molecule has 11 heteroatoms. The van der Waals surface area contributed by atoms with Crippen molar-refractivity contribution < 1.29 is 19.2 Å². The molecule has 1 saturated heterocycles. The van der Waals surface area contributed by atoms with E-state index in [-0.39, 0.29) is 24.7 Å². The Labute approximate surface area is 241 Å². The van der Waals surface area contributed by atoms with Gasteiger partial charge in [-0.3, -0.25) is 19.5 Å². The van der Waals surface area contributed by atoms with Crippen LogP contribution < -0.4 is 10.6 Å². The number of rotatable bonds is 6. The Morgan fingerprint density at radius 3 is 2.24 bits per heavy atom. The standard InChI is InChI=1S/C10H15N3O2.C9H7N3O2.C7H9N.C4H10/c1-12(2)6-10(15)13-5-8(7-14)3-9(13)4-11;13-5-8(14)10-9-6-3-1-2-4-7(6)11-12-9;1-8-7-5-3-2-4-6-7;1-4(2)3/h7-9H,3,5-6H2,1-2H3;1-5H,(H2,10,11,12,14);2-6,8H,1H3;4H,1-3H3. The molecule has 2 amide bonds. The molecule has 1 aliphatic rings. The second-order valence-corrected chi connectivity index (χ2v) is 10.1. The molecule has 2 atom stereocenters. The summed E-state index contributed by atoms with van der Waals surface area (Å²) >= 11 is 0. The molecule has 1 aromatic heterocycles. The summed E-state index contributed by atoms with van der Waals surface area (Å²) in [7, 11) is 5.51. The summed E-state index contributed by atoms with van der Waals surface area (Å²) in [5.74, 6) is 0.233. The van der Waals surface area contributed by atoms with E-state index in [1.807, 2.05) is 55.6 Å². The fourth-order valence-electron chi connectivity index (χ4n) is 3.54. The Morgan fingerprint density at radius 2 is 1.73 bits per heavy atom. The average Bonchev–Trinajstić information content (AvgIpc) is 3.58. The zero-order chi connectivity index (χ0) is 30.8. The number of aldehydes is 2. The molecule has 2 aromatic carbocycles. The molecule has 3 aromatic rings. The highest BCUT2D eigenvalue weighted by Gasteiger charge is 2.34. The third-order valence-corrected chi connectivity index (χ3v) is 5.33. The summed E-state index contributed by atoms with van der Waals surface area (Å²) in [5.41, 5.74) is 1.97. The van der Waals surface area contributed by atoms with E-state index >= 15 is 0 Å². The fourth-order valence-corrected chi connectivity index (χ4v) is 3.54. The summed E-state index contributed by atoms with van der Waals surface area (Å²) in [6.45, 7) is 7.16. The normalized spacial score (nSPS) is 15.2. The first-order valence-corrected chi connectivity index (χ1v) is 13.3. The number of aromatic amines is 1. The number of nitrogens with one attached hydrogen (secondary N) is 3. The number of anilines is 2. The van der Waals surface area contributed by atoms with E-state index in [9.17, 15) is 19.2 Å². The smallest absolute Gasteiger partial charge is 0.289 e. The number of para-hydroxylation sites is 2. The van der Waals surface area contributed by atoms with Crippen LogP contribution in [0.5, 0.6) is 0 Å². The van der Waals surface area contributed by atoms with Gasteiger partial charge in [-0.25, -0.2) is 0 Å². The highest BCUT2D eigenvalue weighted by molar-refractivity contribution is 6.30. The molecule has 11 nitrogen and oxygen atoms in total. The highest BCUT2D eigenvalue weighted by atomic mass is 16.2. The second-order valence-electron chi connectivity index (χ2n) is 10.1. The molecule has 0 bridgehead atoms. The zero-order valence-electron chi connectivity index (χ0n) is 24.6. The Morgan fingerprint density at radius 1 is 1.12 bits per heavy atom. The topological polar surface area (TPSA) is 151 Å². The average molecular weight is 564 g/mol. The van der Waals surface area contributed by atoms with Crippen LogP contribution in [0.25, 0.3) is 10.9 Å². The van der Waals surface area contributed by atoms with Crippen LogP contribution >= 0.6 is 0 Å². The number of H-pyrrole nitrogens is 1. The van der Waals surface area contributed by atoms with E-state index in [1.54, 1.807) is 25.1 Å². The van der Waals surface area contributed by atoms with E-state index in [0.717, 1.165) is 28.8 Å². The number of carbonyl (C=O) groups excluding carboxylic acids is 4. The number of aromatic nitrogens is 2. The van der Waals surface area contributed by atoms with Gasteiger partial charge in [0.1, 0.15) is 12.3 Å². The van der Waals surface area contributed by atoms with Crippen molar-refractivity contribution in [2.45, 2.75) is 33.2 Å². The molecular weight excluding hydrogens is 522 g/mol. The monoisotopic (exact) mass is 563 g/mol. The Kier molecular flexibility index (Phi) is 15.7. The zero-order valence-corrected chi connectivity index (χ0v) is 24.6. The number of hydrogen-bond donors (Lipinski definition) is 3. The molecule has 2 heterocycles. The second kappa shape index (κ2) is 18.7. The van der Waals surface area contributed by atoms with Gasteiger partial charge >= 0.3 is 0 Å². The molecule has 1 fully saturated rings. The Bertz CT molecular complexity index is 1270. The molecule has 220 valence electrons. The molecule has 0 aliphatic carbocycles. The van der Waals surface area contributed by atoms with E-state index < -0.39 is 11.9 Å². The van der Waals surface area contributed by atoms with Crippen molar-refractivity contribution in [1.29, 1.82) is 5.26 Å². The van der Waals surface area contributed by atoms with Crippen molar-refractivity contribution in [1.82, 2.24) is 20.0 Å². The van der Waals surface area contributed by atoms with Crippen LogP contribution in [0, 0.1) is 23.2 Å². The number of likely N-dealkylation sites (tertiary alicyclic amines) is 1.